The maximum Gasteiger partial charge on any atom is 0.253 e. The van der Waals surface area contributed by atoms with E-state index in [1.54, 1.807) is 11.8 Å². The molecule has 2 aliphatic heterocycles. The molecule has 1 atom stereocenters. The number of amides is 1. The van der Waals surface area contributed by atoms with Crippen molar-refractivity contribution in [3.63, 3.8) is 0 Å². The number of benzene rings is 2. The van der Waals surface area contributed by atoms with Crippen molar-refractivity contribution < 1.29 is 33.3 Å². The summed E-state index contributed by atoms with van der Waals surface area (Å²) in [7, 11) is 2.40. The molecule has 0 bridgehead atoms. The minimum atomic E-state index is 0. The zero-order valence-corrected chi connectivity index (χ0v) is 22.8. The van der Waals surface area contributed by atoms with Crippen LogP contribution in [0.3, 0.4) is 0 Å². The van der Waals surface area contributed by atoms with Crippen LogP contribution in [0.5, 0.6) is 0 Å². The number of para-hydroxylation sites is 2. The molecule has 1 saturated heterocycles. The topological polar surface area (TPSA) is 32.3 Å². The van der Waals surface area contributed by atoms with Crippen LogP contribution in [0.25, 0.3) is 0 Å². The van der Waals surface area contributed by atoms with E-state index in [-0.39, 0.29) is 29.9 Å². The second-order valence-corrected chi connectivity index (χ2v) is 11.3. The summed E-state index contributed by atoms with van der Waals surface area (Å²) < 4.78 is 1.12. The van der Waals surface area contributed by atoms with Gasteiger partial charge in [-0.05, 0) is 43.5 Å². The van der Waals surface area contributed by atoms with E-state index in [4.69, 9.17) is 0 Å². The summed E-state index contributed by atoms with van der Waals surface area (Å²) in [6.45, 7) is 6.72. The van der Waals surface area contributed by atoms with Gasteiger partial charge in [-0.1, -0.05) is 49.2 Å². The summed E-state index contributed by atoms with van der Waals surface area (Å²) in [5.74, 6) is 0.879. The average Bonchev–Trinajstić information content (AvgIpc) is 3.18. The first-order valence-electron chi connectivity index (χ1n) is 12.3. The monoisotopic (exact) mass is 577 g/mol. The summed E-state index contributed by atoms with van der Waals surface area (Å²) in [6.07, 6.45) is 7.75. The Kier molecular flexibility index (Phi) is 7.96. The molecule has 0 spiro atoms. The Morgan fingerprint density at radius 1 is 1.09 bits per heavy atom. The molecule has 0 aromatic heterocycles. The van der Waals surface area contributed by atoms with E-state index in [0.29, 0.717) is 6.04 Å². The van der Waals surface area contributed by atoms with Crippen molar-refractivity contribution in [3.8, 4) is 0 Å². The number of anilines is 2. The number of carbonyl (C=O) groups excluding carboxylic acids is 1. The highest BCUT2D eigenvalue weighted by atomic mass is 127. The number of likely N-dealkylation sites (tertiary alicyclic amines) is 1. The molecule has 5 rings (SSSR count). The van der Waals surface area contributed by atoms with Crippen LogP contribution in [0.2, 0.25) is 0 Å². The molecule has 2 fully saturated rings. The first kappa shape index (κ1) is 24.9. The number of hydrogen-bond donors (Lipinski definition) is 1. The van der Waals surface area contributed by atoms with Gasteiger partial charge in [0.2, 0.25) is 0 Å². The van der Waals surface area contributed by atoms with E-state index < -0.39 is 0 Å². The third-order valence-corrected chi connectivity index (χ3v) is 8.80. The molecule has 2 aromatic carbocycles. The van der Waals surface area contributed by atoms with Crippen molar-refractivity contribution in [3.05, 3.63) is 48.0 Å². The van der Waals surface area contributed by atoms with Gasteiger partial charge in [-0.3, -0.25) is 4.79 Å². The molecule has 1 aliphatic carbocycles. The highest BCUT2D eigenvalue weighted by Gasteiger charge is 2.36. The van der Waals surface area contributed by atoms with E-state index in [9.17, 15) is 4.79 Å². The number of quaternary nitrogens is 1. The Labute approximate surface area is 220 Å². The number of halogens is 1. The lowest BCUT2D eigenvalue weighted by Gasteiger charge is -2.41. The maximum atomic E-state index is 13.3. The van der Waals surface area contributed by atoms with Crippen LogP contribution in [0, 0.1) is 5.92 Å². The van der Waals surface area contributed by atoms with E-state index in [1.165, 1.54) is 60.7 Å². The van der Waals surface area contributed by atoms with Crippen molar-refractivity contribution >= 4 is 29.0 Å². The number of carbonyl (C=O) groups is 1. The van der Waals surface area contributed by atoms with Gasteiger partial charge in [0, 0.05) is 29.2 Å². The smallest absolute Gasteiger partial charge is 0.253 e. The zero-order valence-electron chi connectivity index (χ0n) is 19.9. The summed E-state index contributed by atoms with van der Waals surface area (Å²) >= 11 is 1.79. The fourth-order valence-corrected chi connectivity index (χ4v) is 6.85. The summed E-state index contributed by atoms with van der Waals surface area (Å²) in [5, 5.41) is 3.23. The predicted octanol–water partition coefficient (Wildman–Crippen LogP) is 2.84. The molecule has 1 amide bonds. The molecule has 0 radical (unpaired) electrons. The van der Waals surface area contributed by atoms with Crippen LogP contribution in [0.4, 0.5) is 11.4 Å². The van der Waals surface area contributed by atoms with Gasteiger partial charge in [0.25, 0.3) is 5.91 Å². The largest absolute Gasteiger partial charge is 1.00 e. The number of likely N-dealkylation sites (N-methyl/N-ethyl adjacent to an activating group) is 1. The first-order chi connectivity index (χ1) is 15.5. The second-order valence-electron chi connectivity index (χ2n) is 10.2. The van der Waals surface area contributed by atoms with Gasteiger partial charge in [0.15, 0.2) is 0 Å². The Bertz CT molecular complexity index is 987. The lowest BCUT2D eigenvalue weighted by atomic mass is 9.83. The van der Waals surface area contributed by atoms with Crippen LogP contribution in [-0.2, 0) is 0 Å². The van der Waals surface area contributed by atoms with Gasteiger partial charge in [-0.15, -0.1) is 0 Å². The third-order valence-electron chi connectivity index (χ3n) is 7.68. The molecule has 3 aliphatic rings. The molecule has 2 heterocycles. The quantitative estimate of drug-likeness (QED) is 0.406. The molecular formula is C27H36IN3OS. The lowest BCUT2D eigenvalue weighted by molar-refractivity contribution is -0.898. The van der Waals surface area contributed by atoms with Crippen LogP contribution in [0.15, 0.2) is 52.3 Å². The standard InChI is InChI=1S/C27H35N3OS.HI/c1-20(19-30(2)17-5-6-18-30)29-23-12-3-4-13-24(23)32-25-14-8-11-22(26(25)29)27(31)28-16-15-21-9-7-10-21;/h3-4,8,11-14,20-21H,5-7,9-10,15-19H2,1-2H3;1H. The third kappa shape index (κ3) is 5.22. The van der Waals surface area contributed by atoms with Gasteiger partial charge < -0.3 is 38.7 Å². The molecular weight excluding hydrogens is 541 g/mol. The first-order valence-corrected chi connectivity index (χ1v) is 13.2. The average molecular weight is 578 g/mol. The number of fused-ring (bicyclic) bond motifs is 2. The molecule has 4 nitrogen and oxygen atoms in total. The van der Waals surface area contributed by atoms with Crippen molar-refractivity contribution in [1.29, 1.82) is 0 Å². The number of nitrogens with zero attached hydrogens (tertiary/aromatic N) is 2. The summed E-state index contributed by atoms with van der Waals surface area (Å²) in [6, 6.07) is 15.2. The number of hydrogen-bond acceptors (Lipinski definition) is 3. The van der Waals surface area contributed by atoms with Crippen LogP contribution >= 0.6 is 11.8 Å². The van der Waals surface area contributed by atoms with Crippen molar-refractivity contribution in [2.24, 2.45) is 5.92 Å². The highest BCUT2D eigenvalue weighted by molar-refractivity contribution is 7.99. The minimum Gasteiger partial charge on any atom is -1.00 e. The molecule has 1 N–H and O–H groups in total. The van der Waals surface area contributed by atoms with E-state index in [2.05, 4.69) is 54.5 Å². The lowest BCUT2D eigenvalue weighted by Crippen LogP contribution is -3.00. The normalized spacial score (nSPS) is 19.6. The van der Waals surface area contributed by atoms with Crippen molar-refractivity contribution in [2.45, 2.75) is 61.3 Å². The van der Waals surface area contributed by atoms with E-state index >= 15 is 0 Å². The van der Waals surface area contributed by atoms with Crippen LogP contribution < -0.4 is 34.2 Å². The Balaban J connectivity index is 0.00000259. The molecule has 33 heavy (non-hydrogen) atoms. The number of rotatable bonds is 7. The van der Waals surface area contributed by atoms with Crippen molar-refractivity contribution in [1.82, 2.24) is 5.32 Å². The van der Waals surface area contributed by atoms with E-state index in [1.807, 2.05) is 12.1 Å². The molecule has 1 saturated carbocycles. The molecule has 2 aromatic rings. The highest BCUT2D eigenvalue weighted by Crippen LogP contribution is 2.50. The Hall–Kier alpha value is -1.25. The second kappa shape index (κ2) is 10.6. The Morgan fingerprint density at radius 3 is 2.55 bits per heavy atom. The number of nitrogens with one attached hydrogen (secondary N) is 1. The van der Waals surface area contributed by atoms with Gasteiger partial charge in [-0.25, -0.2) is 0 Å². The zero-order chi connectivity index (χ0) is 22.1. The maximum absolute atomic E-state index is 13.3. The Morgan fingerprint density at radius 2 is 1.82 bits per heavy atom. The van der Waals surface area contributed by atoms with Gasteiger partial charge in [-0.2, -0.15) is 0 Å². The van der Waals surface area contributed by atoms with Gasteiger partial charge in [0.1, 0.15) is 0 Å². The van der Waals surface area contributed by atoms with Gasteiger partial charge >= 0.3 is 0 Å². The summed E-state index contributed by atoms with van der Waals surface area (Å²) in [4.78, 5) is 18.3. The summed E-state index contributed by atoms with van der Waals surface area (Å²) in [5.41, 5.74) is 3.14. The SMILES string of the molecule is CC(C[N+]1(C)CCCC1)N1c2ccccc2Sc2cccc(C(=O)NCCC3CCC3)c21.[I-]. The minimum absolute atomic E-state index is 0. The molecule has 178 valence electrons. The fourth-order valence-electron chi connectivity index (χ4n) is 5.74. The molecule has 1 unspecified atom stereocenters. The van der Waals surface area contributed by atoms with Crippen LogP contribution in [-0.4, -0.2) is 49.7 Å². The van der Waals surface area contributed by atoms with Crippen molar-refractivity contribution in [2.75, 3.05) is 38.1 Å². The molecule has 6 heteroatoms. The fraction of sp³-hybridized carbons (Fsp3) is 0.519. The van der Waals surface area contributed by atoms with E-state index in [0.717, 1.165) is 41.2 Å². The van der Waals surface area contributed by atoms with Gasteiger partial charge in [0.05, 0.1) is 49.7 Å². The van der Waals surface area contributed by atoms with Crippen LogP contribution in [0.1, 0.15) is 55.8 Å². The predicted molar refractivity (Wildman–Crippen MR) is 133 cm³/mol.